The molecule has 2 aromatic rings. The fourth-order valence-electron chi connectivity index (χ4n) is 2.19. The van der Waals surface area contributed by atoms with E-state index in [1.54, 1.807) is 18.5 Å². The molecule has 1 aromatic heterocycles. The SMILES string of the molecule is Fc1ccc(CNc2cc(C3CCC3)ncn2)cc1. The Morgan fingerprint density at radius 2 is 1.95 bits per heavy atom. The number of hydrogen-bond donors (Lipinski definition) is 1. The molecule has 98 valence electrons. The molecule has 3 nitrogen and oxygen atoms in total. The number of nitrogens with one attached hydrogen (secondary N) is 1. The van der Waals surface area contributed by atoms with Crippen LogP contribution in [0.1, 0.15) is 36.4 Å². The number of benzene rings is 1. The molecule has 1 aliphatic rings. The van der Waals surface area contributed by atoms with Crippen molar-refractivity contribution in [3.8, 4) is 0 Å². The number of hydrogen-bond acceptors (Lipinski definition) is 3. The highest BCUT2D eigenvalue weighted by Gasteiger charge is 2.20. The van der Waals surface area contributed by atoms with Crippen LogP contribution >= 0.6 is 0 Å². The molecule has 0 unspecified atom stereocenters. The van der Waals surface area contributed by atoms with Gasteiger partial charge in [-0.25, -0.2) is 14.4 Å². The maximum absolute atomic E-state index is 12.8. The maximum Gasteiger partial charge on any atom is 0.129 e. The molecular weight excluding hydrogens is 241 g/mol. The molecule has 0 spiro atoms. The van der Waals surface area contributed by atoms with Gasteiger partial charge in [0.25, 0.3) is 0 Å². The van der Waals surface area contributed by atoms with Crippen molar-refractivity contribution in [3.05, 3.63) is 53.7 Å². The van der Waals surface area contributed by atoms with Gasteiger partial charge in [0.1, 0.15) is 18.0 Å². The highest BCUT2D eigenvalue weighted by atomic mass is 19.1. The maximum atomic E-state index is 12.8. The van der Waals surface area contributed by atoms with E-state index in [-0.39, 0.29) is 5.82 Å². The topological polar surface area (TPSA) is 37.8 Å². The standard InChI is InChI=1S/C15H16FN3/c16-13-6-4-11(5-7-13)9-17-15-8-14(18-10-19-15)12-2-1-3-12/h4-8,10,12H,1-3,9H2,(H,17,18,19). The largest absolute Gasteiger partial charge is 0.366 e. The first-order valence-electron chi connectivity index (χ1n) is 6.61. The van der Waals surface area contributed by atoms with E-state index in [1.165, 1.54) is 31.4 Å². The van der Waals surface area contributed by atoms with Crippen molar-refractivity contribution in [1.82, 2.24) is 9.97 Å². The summed E-state index contributed by atoms with van der Waals surface area (Å²) >= 11 is 0. The third-order valence-electron chi connectivity index (χ3n) is 3.60. The number of nitrogens with zero attached hydrogens (tertiary/aromatic N) is 2. The lowest BCUT2D eigenvalue weighted by Crippen LogP contribution is -2.11. The summed E-state index contributed by atoms with van der Waals surface area (Å²) < 4.78 is 12.8. The molecule has 0 radical (unpaired) electrons. The first-order chi connectivity index (χ1) is 9.31. The van der Waals surface area contributed by atoms with E-state index in [0.717, 1.165) is 17.1 Å². The predicted molar refractivity (Wildman–Crippen MR) is 72.4 cm³/mol. The molecular formula is C15H16FN3. The summed E-state index contributed by atoms with van der Waals surface area (Å²) in [6.45, 7) is 0.640. The van der Waals surface area contributed by atoms with Gasteiger partial charge in [0.05, 0.1) is 0 Å². The van der Waals surface area contributed by atoms with Gasteiger partial charge in [0.2, 0.25) is 0 Å². The van der Waals surface area contributed by atoms with Crippen molar-refractivity contribution in [3.63, 3.8) is 0 Å². The summed E-state index contributed by atoms with van der Waals surface area (Å²) in [5.74, 6) is 1.23. The van der Waals surface area contributed by atoms with E-state index in [9.17, 15) is 4.39 Å². The van der Waals surface area contributed by atoms with Crippen molar-refractivity contribution in [2.45, 2.75) is 31.7 Å². The van der Waals surface area contributed by atoms with Crippen LogP contribution in [-0.2, 0) is 6.54 Å². The third-order valence-corrected chi connectivity index (χ3v) is 3.60. The first-order valence-corrected chi connectivity index (χ1v) is 6.61. The molecule has 0 atom stereocenters. The van der Waals surface area contributed by atoms with Crippen molar-refractivity contribution < 1.29 is 4.39 Å². The summed E-state index contributed by atoms with van der Waals surface area (Å²) in [6, 6.07) is 8.51. The second-order valence-corrected chi connectivity index (χ2v) is 4.94. The summed E-state index contributed by atoms with van der Waals surface area (Å²) in [5, 5.41) is 3.25. The van der Waals surface area contributed by atoms with Gasteiger partial charge in [-0.1, -0.05) is 18.6 Å². The fourth-order valence-corrected chi connectivity index (χ4v) is 2.19. The number of aromatic nitrogens is 2. The van der Waals surface area contributed by atoms with Gasteiger partial charge in [-0.15, -0.1) is 0 Å². The Morgan fingerprint density at radius 3 is 2.63 bits per heavy atom. The van der Waals surface area contributed by atoms with Crippen LogP contribution in [0.2, 0.25) is 0 Å². The average Bonchev–Trinajstić information content (AvgIpc) is 2.37. The summed E-state index contributed by atoms with van der Waals surface area (Å²) in [5.41, 5.74) is 2.16. The number of halogens is 1. The second kappa shape index (κ2) is 5.34. The lowest BCUT2D eigenvalue weighted by atomic mass is 9.83. The van der Waals surface area contributed by atoms with Crippen LogP contribution in [0, 0.1) is 5.82 Å². The Morgan fingerprint density at radius 1 is 1.16 bits per heavy atom. The summed E-state index contributed by atoms with van der Waals surface area (Å²) in [7, 11) is 0. The second-order valence-electron chi connectivity index (χ2n) is 4.94. The zero-order valence-electron chi connectivity index (χ0n) is 10.6. The van der Waals surface area contributed by atoms with E-state index >= 15 is 0 Å². The van der Waals surface area contributed by atoms with E-state index in [2.05, 4.69) is 15.3 Å². The highest BCUT2D eigenvalue weighted by molar-refractivity contribution is 5.37. The molecule has 3 rings (SSSR count). The molecule has 0 saturated heterocycles. The minimum absolute atomic E-state index is 0.210. The average molecular weight is 257 g/mol. The van der Waals surface area contributed by atoms with E-state index in [1.807, 2.05) is 6.07 Å². The Kier molecular flexibility index (Phi) is 3.40. The zero-order chi connectivity index (χ0) is 13.1. The van der Waals surface area contributed by atoms with Crippen LogP contribution in [0.3, 0.4) is 0 Å². The molecule has 1 heterocycles. The molecule has 0 bridgehead atoms. The van der Waals surface area contributed by atoms with Crippen LogP contribution in [0.4, 0.5) is 10.2 Å². The number of anilines is 1. The lowest BCUT2D eigenvalue weighted by Gasteiger charge is -2.24. The molecule has 1 saturated carbocycles. The molecule has 0 amide bonds. The summed E-state index contributed by atoms with van der Waals surface area (Å²) in [4.78, 5) is 8.54. The molecule has 1 N–H and O–H groups in total. The fraction of sp³-hybridized carbons (Fsp3) is 0.333. The summed E-state index contributed by atoms with van der Waals surface area (Å²) in [6.07, 6.45) is 5.37. The Bertz CT molecular complexity index is 550. The molecule has 1 fully saturated rings. The van der Waals surface area contributed by atoms with Crippen LogP contribution in [0.15, 0.2) is 36.7 Å². The normalized spacial score (nSPS) is 15.0. The minimum atomic E-state index is -0.210. The van der Waals surface area contributed by atoms with E-state index in [0.29, 0.717) is 12.5 Å². The van der Waals surface area contributed by atoms with Gasteiger partial charge in [0, 0.05) is 24.2 Å². The first kappa shape index (κ1) is 12.1. The van der Waals surface area contributed by atoms with E-state index < -0.39 is 0 Å². The van der Waals surface area contributed by atoms with Crippen LogP contribution in [-0.4, -0.2) is 9.97 Å². The molecule has 1 aliphatic carbocycles. The van der Waals surface area contributed by atoms with Gasteiger partial charge in [-0.2, -0.15) is 0 Å². The van der Waals surface area contributed by atoms with Gasteiger partial charge in [-0.3, -0.25) is 0 Å². The highest BCUT2D eigenvalue weighted by Crippen LogP contribution is 2.35. The smallest absolute Gasteiger partial charge is 0.129 e. The number of rotatable bonds is 4. The quantitative estimate of drug-likeness (QED) is 0.911. The molecule has 0 aliphatic heterocycles. The van der Waals surface area contributed by atoms with Crippen molar-refractivity contribution in [1.29, 1.82) is 0 Å². The Balaban J connectivity index is 1.64. The van der Waals surface area contributed by atoms with Crippen molar-refractivity contribution in [2.24, 2.45) is 0 Å². The molecule has 4 heteroatoms. The Hall–Kier alpha value is -1.97. The zero-order valence-corrected chi connectivity index (χ0v) is 10.6. The predicted octanol–water partition coefficient (Wildman–Crippen LogP) is 3.50. The molecule has 19 heavy (non-hydrogen) atoms. The van der Waals surface area contributed by atoms with Crippen LogP contribution < -0.4 is 5.32 Å². The minimum Gasteiger partial charge on any atom is -0.366 e. The van der Waals surface area contributed by atoms with Gasteiger partial charge < -0.3 is 5.32 Å². The Labute approximate surface area is 111 Å². The lowest BCUT2D eigenvalue weighted by molar-refractivity contribution is 0.411. The van der Waals surface area contributed by atoms with Crippen LogP contribution in [0.25, 0.3) is 0 Å². The van der Waals surface area contributed by atoms with Crippen molar-refractivity contribution >= 4 is 5.82 Å². The van der Waals surface area contributed by atoms with Crippen molar-refractivity contribution in [2.75, 3.05) is 5.32 Å². The van der Waals surface area contributed by atoms with Gasteiger partial charge >= 0.3 is 0 Å². The van der Waals surface area contributed by atoms with Gasteiger partial charge in [-0.05, 0) is 30.5 Å². The molecule has 1 aromatic carbocycles. The van der Waals surface area contributed by atoms with Gasteiger partial charge in [0.15, 0.2) is 0 Å². The third kappa shape index (κ3) is 2.89. The monoisotopic (exact) mass is 257 g/mol. The van der Waals surface area contributed by atoms with Crippen LogP contribution in [0.5, 0.6) is 0 Å². The van der Waals surface area contributed by atoms with E-state index in [4.69, 9.17) is 0 Å².